The van der Waals surface area contributed by atoms with Crippen LogP contribution in [0.5, 0.6) is 5.75 Å². The van der Waals surface area contributed by atoms with Crippen molar-refractivity contribution >= 4 is 29.0 Å². The van der Waals surface area contributed by atoms with Crippen molar-refractivity contribution in [1.29, 1.82) is 0 Å². The number of phenolic OH excluding ortho intramolecular Hbond substituents is 1. The number of nitrogens with one attached hydrogen (secondary N) is 1. The average Bonchev–Trinajstić information content (AvgIpc) is 3.22. The van der Waals surface area contributed by atoms with E-state index in [2.05, 4.69) is 15.5 Å². The molecule has 0 spiro atoms. The molecule has 0 saturated carbocycles. The number of nitro benzene ring substituents is 1. The highest BCUT2D eigenvalue weighted by atomic mass is 32.2. The van der Waals surface area contributed by atoms with E-state index >= 15 is 0 Å². The fraction of sp³-hybridized carbons (Fsp3) is 0.160. The first-order valence-corrected chi connectivity index (χ1v) is 11.7. The number of rotatable bonds is 7. The van der Waals surface area contributed by atoms with E-state index in [-0.39, 0.29) is 23.1 Å². The summed E-state index contributed by atoms with van der Waals surface area (Å²) < 4.78 is 1.82. The van der Waals surface area contributed by atoms with Gasteiger partial charge in [-0.3, -0.25) is 19.5 Å². The van der Waals surface area contributed by atoms with Crippen molar-refractivity contribution in [2.75, 3.05) is 11.1 Å². The Labute approximate surface area is 206 Å². The molecular weight excluding hydrogens is 466 g/mol. The van der Waals surface area contributed by atoms with Gasteiger partial charge in [0.25, 0.3) is 5.69 Å². The van der Waals surface area contributed by atoms with E-state index in [0.29, 0.717) is 27.8 Å². The largest absolute Gasteiger partial charge is 0.507 e. The second-order valence-corrected chi connectivity index (χ2v) is 8.98. The Morgan fingerprint density at radius 1 is 1.06 bits per heavy atom. The van der Waals surface area contributed by atoms with Crippen molar-refractivity contribution in [2.45, 2.75) is 25.9 Å². The first-order valence-electron chi connectivity index (χ1n) is 10.7. The van der Waals surface area contributed by atoms with Gasteiger partial charge in [0.15, 0.2) is 11.0 Å². The van der Waals surface area contributed by atoms with Crippen molar-refractivity contribution in [3.8, 4) is 22.8 Å². The van der Waals surface area contributed by atoms with E-state index in [1.165, 1.54) is 23.9 Å². The quantitative estimate of drug-likeness (QED) is 0.208. The zero-order valence-corrected chi connectivity index (χ0v) is 20.2. The van der Waals surface area contributed by atoms with E-state index in [1.54, 1.807) is 37.3 Å². The SMILES string of the molecule is Cc1ccc(-n2c(SCC(=O)Nc3cc([N+](=O)[O-])ccc3C)nnc2-c2ccccc2O)c(C)c1. The van der Waals surface area contributed by atoms with Gasteiger partial charge in [0, 0.05) is 12.1 Å². The smallest absolute Gasteiger partial charge is 0.271 e. The molecule has 4 aromatic rings. The number of benzene rings is 3. The lowest BCUT2D eigenvalue weighted by molar-refractivity contribution is -0.384. The number of thioether (sulfide) groups is 1. The third kappa shape index (κ3) is 5.17. The van der Waals surface area contributed by atoms with Gasteiger partial charge >= 0.3 is 0 Å². The van der Waals surface area contributed by atoms with Crippen LogP contribution in [0.3, 0.4) is 0 Å². The van der Waals surface area contributed by atoms with Crippen LogP contribution >= 0.6 is 11.8 Å². The fourth-order valence-corrected chi connectivity index (χ4v) is 4.39. The first-order chi connectivity index (χ1) is 16.7. The molecule has 1 amide bonds. The molecule has 0 atom stereocenters. The molecule has 9 nitrogen and oxygen atoms in total. The number of aryl methyl sites for hydroxylation is 3. The summed E-state index contributed by atoms with van der Waals surface area (Å²) in [5, 5.41) is 33.3. The number of amides is 1. The van der Waals surface area contributed by atoms with E-state index in [0.717, 1.165) is 16.8 Å². The summed E-state index contributed by atoms with van der Waals surface area (Å²) >= 11 is 1.18. The van der Waals surface area contributed by atoms with Crippen LogP contribution in [0.2, 0.25) is 0 Å². The molecule has 3 aromatic carbocycles. The summed E-state index contributed by atoms with van der Waals surface area (Å²) in [5.41, 5.74) is 4.44. The molecular formula is C25H23N5O4S. The molecule has 0 aliphatic rings. The predicted molar refractivity (Wildman–Crippen MR) is 135 cm³/mol. The molecule has 35 heavy (non-hydrogen) atoms. The number of carbonyl (C=O) groups is 1. The Morgan fingerprint density at radius 3 is 2.54 bits per heavy atom. The van der Waals surface area contributed by atoms with E-state index in [9.17, 15) is 20.0 Å². The van der Waals surface area contributed by atoms with Crippen molar-refractivity contribution in [2.24, 2.45) is 0 Å². The zero-order chi connectivity index (χ0) is 25.1. The molecule has 0 aliphatic carbocycles. The standard InChI is InChI=1S/C25H23N5O4S/c1-15-8-11-21(17(3)12-15)29-24(19-6-4-5-7-22(19)31)27-28-25(29)35-14-23(32)26-20-13-18(30(33)34)10-9-16(20)2/h4-13,31H,14H2,1-3H3,(H,26,32). The molecule has 1 aromatic heterocycles. The second-order valence-electron chi connectivity index (χ2n) is 8.04. The van der Waals surface area contributed by atoms with Crippen LogP contribution < -0.4 is 5.32 Å². The number of phenols is 1. The minimum Gasteiger partial charge on any atom is -0.507 e. The summed E-state index contributed by atoms with van der Waals surface area (Å²) in [7, 11) is 0. The molecule has 0 saturated heterocycles. The van der Waals surface area contributed by atoms with Crippen LogP contribution in [0, 0.1) is 30.9 Å². The van der Waals surface area contributed by atoms with E-state index < -0.39 is 4.92 Å². The number of aromatic hydroxyl groups is 1. The Balaban J connectivity index is 1.64. The van der Waals surface area contributed by atoms with Gasteiger partial charge in [-0.1, -0.05) is 47.7 Å². The van der Waals surface area contributed by atoms with Crippen molar-refractivity contribution in [3.05, 3.63) is 87.5 Å². The van der Waals surface area contributed by atoms with Gasteiger partial charge in [0.2, 0.25) is 5.91 Å². The number of carbonyl (C=O) groups excluding carboxylic acids is 1. The normalized spacial score (nSPS) is 10.8. The molecule has 2 N–H and O–H groups in total. The van der Waals surface area contributed by atoms with Gasteiger partial charge < -0.3 is 10.4 Å². The van der Waals surface area contributed by atoms with Crippen LogP contribution in [-0.2, 0) is 4.79 Å². The van der Waals surface area contributed by atoms with Crippen LogP contribution in [0.4, 0.5) is 11.4 Å². The highest BCUT2D eigenvalue weighted by Crippen LogP contribution is 2.34. The topological polar surface area (TPSA) is 123 Å². The van der Waals surface area contributed by atoms with Crippen molar-refractivity contribution in [3.63, 3.8) is 0 Å². The first kappa shape index (κ1) is 24.0. The predicted octanol–water partition coefficient (Wildman–Crippen LogP) is 5.20. The number of non-ortho nitro benzene ring substituents is 1. The zero-order valence-electron chi connectivity index (χ0n) is 19.3. The van der Waals surface area contributed by atoms with Gasteiger partial charge in [0.1, 0.15) is 5.75 Å². The maximum Gasteiger partial charge on any atom is 0.271 e. The molecule has 0 bridgehead atoms. The molecule has 4 rings (SSSR count). The molecule has 178 valence electrons. The summed E-state index contributed by atoms with van der Waals surface area (Å²) in [6.07, 6.45) is 0. The van der Waals surface area contributed by atoms with Crippen molar-refractivity contribution < 1.29 is 14.8 Å². The summed E-state index contributed by atoms with van der Waals surface area (Å²) in [6.45, 7) is 5.74. The lowest BCUT2D eigenvalue weighted by atomic mass is 10.1. The van der Waals surface area contributed by atoms with Crippen LogP contribution in [0.15, 0.2) is 65.8 Å². The Bertz CT molecular complexity index is 1430. The maximum absolute atomic E-state index is 12.7. The van der Waals surface area contributed by atoms with E-state index in [1.807, 2.05) is 36.6 Å². The van der Waals surface area contributed by atoms with Crippen LogP contribution in [-0.4, -0.2) is 36.5 Å². The number of hydrogen-bond acceptors (Lipinski definition) is 7. The highest BCUT2D eigenvalue weighted by Gasteiger charge is 2.21. The summed E-state index contributed by atoms with van der Waals surface area (Å²) in [5.74, 6) is 0.193. The van der Waals surface area contributed by atoms with Gasteiger partial charge in [-0.15, -0.1) is 10.2 Å². The third-order valence-corrected chi connectivity index (χ3v) is 6.34. The van der Waals surface area contributed by atoms with Crippen LogP contribution in [0.1, 0.15) is 16.7 Å². The third-order valence-electron chi connectivity index (χ3n) is 5.41. The lowest BCUT2D eigenvalue weighted by Crippen LogP contribution is -2.15. The molecule has 1 heterocycles. The average molecular weight is 490 g/mol. The van der Waals surface area contributed by atoms with Gasteiger partial charge in [-0.05, 0) is 50.1 Å². The lowest BCUT2D eigenvalue weighted by Gasteiger charge is -2.14. The minimum atomic E-state index is -0.503. The fourth-order valence-electron chi connectivity index (χ4n) is 3.65. The summed E-state index contributed by atoms with van der Waals surface area (Å²) in [4.78, 5) is 23.3. The number of anilines is 1. The molecule has 0 aliphatic heterocycles. The van der Waals surface area contributed by atoms with Crippen LogP contribution in [0.25, 0.3) is 17.1 Å². The number of nitrogens with zero attached hydrogens (tertiary/aromatic N) is 4. The Kier molecular flexibility index (Phi) is 6.83. The van der Waals surface area contributed by atoms with Gasteiger partial charge in [0.05, 0.1) is 27.6 Å². The highest BCUT2D eigenvalue weighted by molar-refractivity contribution is 7.99. The van der Waals surface area contributed by atoms with E-state index in [4.69, 9.17) is 0 Å². The number of aromatic nitrogens is 3. The second kappa shape index (κ2) is 9.98. The molecule has 0 unspecified atom stereocenters. The summed E-state index contributed by atoms with van der Waals surface area (Å²) in [6, 6.07) is 17.2. The molecule has 0 fully saturated rings. The van der Waals surface area contributed by atoms with Crippen molar-refractivity contribution in [1.82, 2.24) is 14.8 Å². The molecule has 10 heteroatoms. The number of hydrogen-bond donors (Lipinski definition) is 2. The molecule has 0 radical (unpaired) electrons. The number of para-hydroxylation sites is 1. The minimum absolute atomic E-state index is 0.00590. The Morgan fingerprint density at radius 2 is 1.83 bits per heavy atom. The van der Waals surface area contributed by atoms with Gasteiger partial charge in [-0.25, -0.2) is 0 Å². The van der Waals surface area contributed by atoms with Gasteiger partial charge in [-0.2, -0.15) is 0 Å². The maximum atomic E-state index is 12.7. The Hall–Kier alpha value is -4.18. The number of nitro groups is 1. The monoisotopic (exact) mass is 489 g/mol.